The monoisotopic (exact) mass is 325 g/mol. The Bertz CT molecular complexity index is 660. The average molecular weight is 325 g/mol. The molecule has 2 aromatic carbocycles. The van der Waals surface area contributed by atoms with Crippen LogP contribution in [0.5, 0.6) is 0 Å². The van der Waals surface area contributed by atoms with Gasteiger partial charge in [0.2, 0.25) is 0 Å². The highest BCUT2D eigenvalue weighted by atomic mass is 16.2. The Kier molecular flexibility index (Phi) is 6.24. The van der Waals surface area contributed by atoms with Crippen molar-refractivity contribution >= 4 is 17.4 Å². The van der Waals surface area contributed by atoms with Gasteiger partial charge in [-0.05, 0) is 50.5 Å². The zero-order valence-electron chi connectivity index (χ0n) is 15.0. The molecule has 0 fully saturated rings. The summed E-state index contributed by atoms with van der Waals surface area (Å²) in [6, 6.07) is 14.3. The minimum absolute atomic E-state index is 0.146. The molecule has 0 bridgehead atoms. The summed E-state index contributed by atoms with van der Waals surface area (Å²) in [7, 11) is 2.06. The molecular weight excluding hydrogens is 298 g/mol. The van der Waals surface area contributed by atoms with Crippen LogP contribution in [0.25, 0.3) is 0 Å². The first-order chi connectivity index (χ1) is 11.5. The molecule has 0 unspecified atom stereocenters. The molecule has 0 aromatic heterocycles. The van der Waals surface area contributed by atoms with Crippen molar-refractivity contribution in [3.63, 3.8) is 0 Å². The summed E-state index contributed by atoms with van der Waals surface area (Å²) in [6.07, 6.45) is 0.894. The van der Waals surface area contributed by atoms with Crippen LogP contribution >= 0.6 is 0 Å². The van der Waals surface area contributed by atoms with Crippen molar-refractivity contribution in [3.05, 3.63) is 59.2 Å². The lowest BCUT2D eigenvalue weighted by Crippen LogP contribution is -2.32. The van der Waals surface area contributed by atoms with Gasteiger partial charge < -0.3 is 15.5 Å². The number of anilines is 2. The number of benzene rings is 2. The van der Waals surface area contributed by atoms with Crippen LogP contribution in [-0.4, -0.2) is 26.2 Å². The summed E-state index contributed by atoms with van der Waals surface area (Å²) in [5.41, 5.74) is 5.48. The van der Waals surface area contributed by atoms with Crippen LogP contribution in [0.1, 0.15) is 23.1 Å². The van der Waals surface area contributed by atoms with Gasteiger partial charge in [-0.1, -0.05) is 35.9 Å². The molecule has 0 heterocycles. The maximum absolute atomic E-state index is 12.1. The van der Waals surface area contributed by atoms with Crippen LogP contribution in [-0.2, 0) is 0 Å². The zero-order chi connectivity index (χ0) is 17.5. The van der Waals surface area contributed by atoms with Crippen LogP contribution in [0, 0.1) is 20.8 Å². The second kappa shape index (κ2) is 8.39. The topological polar surface area (TPSA) is 44.4 Å². The SMILES string of the molecule is Cc1cc(C)c(NC(=O)NCCCN(C)c2ccccc2)c(C)c1. The van der Waals surface area contributed by atoms with Crippen molar-refractivity contribution in [2.45, 2.75) is 27.2 Å². The molecule has 0 spiro atoms. The summed E-state index contributed by atoms with van der Waals surface area (Å²) in [5, 5.41) is 5.89. The van der Waals surface area contributed by atoms with Crippen molar-refractivity contribution in [2.24, 2.45) is 0 Å². The van der Waals surface area contributed by atoms with E-state index in [1.807, 2.05) is 32.0 Å². The number of hydrogen-bond donors (Lipinski definition) is 2. The molecule has 0 saturated heterocycles. The van der Waals surface area contributed by atoms with E-state index in [0.29, 0.717) is 6.54 Å². The first-order valence-corrected chi connectivity index (χ1v) is 8.36. The van der Waals surface area contributed by atoms with Crippen LogP contribution in [0.4, 0.5) is 16.2 Å². The molecular formula is C20H27N3O. The number of hydrogen-bond acceptors (Lipinski definition) is 2. The predicted molar refractivity (Wildman–Crippen MR) is 102 cm³/mol. The predicted octanol–water partition coefficient (Wildman–Crippen LogP) is 4.26. The molecule has 2 rings (SSSR count). The summed E-state index contributed by atoms with van der Waals surface area (Å²) in [5.74, 6) is 0. The first-order valence-electron chi connectivity index (χ1n) is 8.36. The summed E-state index contributed by atoms with van der Waals surface area (Å²) < 4.78 is 0. The number of nitrogens with zero attached hydrogens (tertiary/aromatic N) is 1. The van der Waals surface area contributed by atoms with E-state index in [2.05, 4.69) is 53.8 Å². The molecule has 2 N–H and O–H groups in total. The lowest BCUT2D eigenvalue weighted by atomic mass is 10.1. The number of aryl methyl sites for hydroxylation is 3. The van der Waals surface area contributed by atoms with Gasteiger partial charge in [0.1, 0.15) is 0 Å². The van der Waals surface area contributed by atoms with Crippen LogP contribution in [0.3, 0.4) is 0 Å². The van der Waals surface area contributed by atoms with Gasteiger partial charge in [-0.15, -0.1) is 0 Å². The lowest BCUT2D eigenvalue weighted by molar-refractivity contribution is 0.252. The molecule has 24 heavy (non-hydrogen) atoms. The van der Waals surface area contributed by atoms with E-state index in [1.54, 1.807) is 0 Å². The van der Waals surface area contributed by atoms with Gasteiger partial charge >= 0.3 is 6.03 Å². The molecule has 128 valence electrons. The van der Waals surface area contributed by atoms with E-state index in [-0.39, 0.29) is 6.03 Å². The average Bonchev–Trinajstić information content (AvgIpc) is 2.55. The quantitative estimate of drug-likeness (QED) is 0.779. The van der Waals surface area contributed by atoms with Gasteiger partial charge in [0.25, 0.3) is 0 Å². The second-order valence-corrected chi connectivity index (χ2v) is 6.27. The molecule has 2 aromatic rings. The third-order valence-electron chi connectivity index (χ3n) is 4.07. The van der Waals surface area contributed by atoms with Crippen molar-refractivity contribution < 1.29 is 4.79 Å². The highest BCUT2D eigenvalue weighted by Gasteiger charge is 2.08. The maximum Gasteiger partial charge on any atom is 0.319 e. The van der Waals surface area contributed by atoms with E-state index in [9.17, 15) is 4.79 Å². The molecule has 0 atom stereocenters. The summed E-state index contributed by atoms with van der Waals surface area (Å²) in [6.45, 7) is 7.64. The fourth-order valence-corrected chi connectivity index (χ4v) is 2.86. The number of rotatable bonds is 6. The van der Waals surface area contributed by atoms with E-state index in [4.69, 9.17) is 0 Å². The minimum Gasteiger partial charge on any atom is -0.375 e. The van der Waals surface area contributed by atoms with Gasteiger partial charge in [-0.2, -0.15) is 0 Å². The van der Waals surface area contributed by atoms with Gasteiger partial charge in [0.05, 0.1) is 0 Å². The number of carbonyl (C=O) groups excluding carboxylic acids is 1. The Balaban J connectivity index is 1.76. The molecule has 2 amide bonds. The van der Waals surface area contributed by atoms with Crippen LogP contribution in [0.2, 0.25) is 0 Å². The molecule has 0 aliphatic carbocycles. The van der Waals surface area contributed by atoms with Crippen molar-refractivity contribution in [2.75, 3.05) is 30.4 Å². The molecule has 0 aliphatic heterocycles. The van der Waals surface area contributed by atoms with Gasteiger partial charge in [-0.3, -0.25) is 0 Å². The van der Waals surface area contributed by atoms with Crippen molar-refractivity contribution in [3.8, 4) is 0 Å². The summed E-state index contributed by atoms with van der Waals surface area (Å²) >= 11 is 0. The Morgan fingerprint density at radius 1 is 1.04 bits per heavy atom. The number of urea groups is 1. The number of carbonyl (C=O) groups is 1. The standard InChI is InChI=1S/C20H27N3O/c1-15-13-16(2)19(17(3)14-15)22-20(24)21-11-8-12-23(4)18-9-6-5-7-10-18/h5-7,9-10,13-14H,8,11-12H2,1-4H3,(H2,21,22,24). The normalized spacial score (nSPS) is 10.3. The van der Waals surface area contributed by atoms with E-state index in [1.165, 1.54) is 11.3 Å². The summed E-state index contributed by atoms with van der Waals surface area (Å²) in [4.78, 5) is 14.3. The molecule has 4 heteroatoms. The minimum atomic E-state index is -0.146. The van der Waals surface area contributed by atoms with E-state index < -0.39 is 0 Å². The Morgan fingerprint density at radius 2 is 1.67 bits per heavy atom. The number of para-hydroxylation sites is 1. The van der Waals surface area contributed by atoms with Crippen LogP contribution < -0.4 is 15.5 Å². The highest BCUT2D eigenvalue weighted by Crippen LogP contribution is 2.21. The van der Waals surface area contributed by atoms with Crippen LogP contribution in [0.15, 0.2) is 42.5 Å². The molecule has 0 aliphatic rings. The Hall–Kier alpha value is -2.49. The number of amides is 2. The molecule has 4 nitrogen and oxygen atoms in total. The van der Waals surface area contributed by atoms with Gasteiger partial charge in [-0.25, -0.2) is 4.79 Å². The third-order valence-corrected chi connectivity index (χ3v) is 4.07. The third kappa shape index (κ3) is 5.01. The van der Waals surface area contributed by atoms with Crippen molar-refractivity contribution in [1.82, 2.24) is 5.32 Å². The second-order valence-electron chi connectivity index (χ2n) is 6.27. The molecule has 0 saturated carbocycles. The smallest absolute Gasteiger partial charge is 0.319 e. The van der Waals surface area contributed by atoms with E-state index >= 15 is 0 Å². The Morgan fingerprint density at radius 3 is 2.29 bits per heavy atom. The lowest BCUT2D eigenvalue weighted by Gasteiger charge is -2.19. The van der Waals surface area contributed by atoms with E-state index in [0.717, 1.165) is 29.8 Å². The Labute approximate surface area is 144 Å². The number of nitrogens with one attached hydrogen (secondary N) is 2. The fraction of sp³-hybridized carbons (Fsp3) is 0.350. The highest BCUT2D eigenvalue weighted by molar-refractivity contribution is 5.91. The van der Waals surface area contributed by atoms with Crippen molar-refractivity contribution in [1.29, 1.82) is 0 Å². The fourth-order valence-electron chi connectivity index (χ4n) is 2.86. The van der Waals surface area contributed by atoms with Gasteiger partial charge in [0, 0.05) is 31.5 Å². The zero-order valence-corrected chi connectivity index (χ0v) is 15.0. The van der Waals surface area contributed by atoms with Gasteiger partial charge in [0.15, 0.2) is 0 Å². The molecule has 0 radical (unpaired) electrons. The largest absolute Gasteiger partial charge is 0.375 e. The maximum atomic E-state index is 12.1. The first kappa shape index (κ1) is 17.9.